The second kappa shape index (κ2) is 4.17. The summed E-state index contributed by atoms with van der Waals surface area (Å²) in [5, 5.41) is 0. The van der Waals surface area contributed by atoms with Gasteiger partial charge in [-0.25, -0.2) is 0 Å². The van der Waals surface area contributed by atoms with Gasteiger partial charge >= 0.3 is 5.97 Å². The van der Waals surface area contributed by atoms with Gasteiger partial charge in [0.2, 0.25) is 0 Å². The number of hydrogen-bond donors (Lipinski definition) is 0. The molecule has 3 heteroatoms. The lowest BCUT2D eigenvalue weighted by atomic mass is 10.1. The molecule has 1 aromatic carbocycles. The van der Waals surface area contributed by atoms with Gasteiger partial charge in [0.25, 0.3) is 0 Å². The molecule has 0 amide bonds. The molecule has 2 unspecified atom stereocenters. The first kappa shape index (κ1) is 10.8. The van der Waals surface area contributed by atoms with Crippen LogP contribution < -0.4 is 0 Å². The molecular formula is C14H16O3. The fourth-order valence-electron chi connectivity index (χ4n) is 2.29. The van der Waals surface area contributed by atoms with Crippen LogP contribution in [0.5, 0.6) is 0 Å². The molecule has 2 atom stereocenters. The van der Waals surface area contributed by atoms with E-state index in [1.54, 1.807) is 0 Å². The van der Waals surface area contributed by atoms with Crippen LogP contribution in [0.3, 0.4) is 0 Å². The van der Waals surface area contributed by atoms with Crippen LogP contribution in [-0.2, 0) is 14.2 Å². The first-order chi connectivity index (χ1) is 8.27. The van der Waals surface area contributed by atoms with E-state index < -0.39 is 5.97 Å². The highest BCUT2D eigenvalue weighted by Gasteiger charge is 2.45. The predicted octanol–water partition coefficient (Wildman–Crippen LogP) is 3.14. The van der Waals surface area contributed by atoms with Gasteiger partial charge in [0, 0.05) is 6.42 Å². The molecule has 3 rings (SSSR count). The SMILES string of the molecule is CC1=CCCC2(OCC(c3ccccc3)O2)O1. The van der Waals surface area contributed by atoms with Crippen molar-refractivity contribution in [2.75, 3.05) is 6.61 Å². The van der Waals surface area contributed by atoms with Crippen LogP contribution in [-0.4, -0.2) is 12.6 Å². The Morgan fingerprint density at radius 2 is 2.06 bits per heavy atom. The highest BCUT2D eigenvalue weighted by atomic mass is 16.9. The molecule has 0 aliphatic carbocycles. The quantitative estimate of drug-likeness (QED) is 0.744. The van der Waals surface area contributed by atoms with E-state index in [2.05, 4.69) is 18.2 Å². The zero-order chi connectivity index (χ0) is 11.7. The Bertz CT molecular complexity index is 426. The molecule has 2 aliphatic heterocycles. The van der Waals surface area contributed by atoms with E-state index in [4.69, 9.17) is 14.2 Å². The number of ether oxygens (including phenoxy) is 3. The van der Waals surface area contributed by atoms with Gasteiger partial charge in [0.05, 0.1) is 12.4 Å². The summed E-state index contributed by atoms with van der Waals surface area (Å²) in [5.74, 6) is 0.0317. The molecule has 1 spiro atoms. The van der Waals surface area contributed by atoms with Crippen molar-refractivity contribution in [2.24, 2.45) is 0 Å². The van der Waals surface area contributed by atoms with Gasteiger partial charge in [-0.3, -0.25) is 0 Å². The van der Waals surface area contributed by atoms with Crippen LogP contribution >= 0.6 is 0 Å². The van der Waals surface area contributed by atoms with E-state index in [0.717, 1.165) is 24.2 Å². The summed E-state index contributed by atoms with van der Waals surface area (Å²) in [4.78, 5) is 0. The molecule has 1 fully saturated rings. The lowest BCUT2D eigenvalue weighted by Gasteiger charge is -2.31. The first-order valence-corrected chi connectivity index (χ1v) is 6.00. The average Bonchev–Trinajstić information content (AvgIpc) is 2.74. The summed E-state index contributed by atoms with van der Waals surface area (Å²) in [6.45, 7) is 2.49. The zero-order valence-corrected chi connectivity index (χ0v) is 9.89. The van der Waals surface area contributed by atoms with Crippen molar-refractivity contribution in [3.8, 4) is 0 Å². The van der Waals surface area contributed by atoms with Crippen LogP contribution in [0.25, 0.3) is 0 Å². The second-order valence-electron chi connectivity index (χ2n) is 4.47. The summed E-state index contributed by atoms with van der Waals surface area (Å²) in [6.07, 6.45) is 3.73. The van der Waals surface area contributed by atoms with Gasteiger partial charge in [-0.15, -0.1) is 0 Å². The Morgan fingerprint density at radius 1 is 1.24 bits per heavy atom. The fourth-order valence-corrected chi connectivity index (χ4v) is 2.29. The van der Waals surface area contributed by atoms with Crippen LogP contribution in [0.2, 0.25) is 0 Å². The lowest BCUT2D eigenvalue weighted by molar-refractivity contribution is -0.327. The minimum Gasteiger partial charge on any atom is -0.444 e. The molecule has 1 saturated heterocycles. The number of hydrogen-bond acceptors (Lipinski definition) is 3. The molecule has 0 bridgehead atoms. The number of rotatable bonds is 1. The lowest BCUT2D eigenvalue weighted by Crippen LogP contribution is -2.35. The molecule has 0 radical (unpaired) electrons. The maximum absolute atomic E-state index is 5.96. The normalized spacial score (nSPS) is 32.3. The Morgan fingerprint density at radius 3 is 2.82 bits per heavy atom. The Balaban J connectivity index is 1.76. The smallest absolute Gasteiger partial charge is 0.327 e. The largest absolute Gasteiger partial charge is 0.444 e. The molecule has 0 N–H and O–H groups in total. The van der Waals surface area contributed by atoms with Gasteiger partial charge < -0.3 is 14.2 Å². The van der Waals surface area contributed by atoms with E-state index in [9.17, 15) is 0 Å². The van der Waals surface area contributed by atoms with Crippen molar-refractivity contribution >= 4 is 0 Å². The zero-order valence-electron chi connectivity index (χ0n) is 9.89. The minimum absolute atomic E-state index is 0.0258. The molecule has 17 heavy (non-hydrogen) atoms. The summed E-state index contributed by atoms with van der Waals surface area (Å²) in [6, 6.07) is 10.1. The minimum atomic E-state index is -0.848. The van der Waals surface area contributed by atoms with Crippen molar-refractivity contribution in [3.63, 3.8) is 0 Å². The third-order valence-electron chi connectivity index (χ3n) is 3.15. The topological polar surface area (TPSA) is 27.7 Å². The van der Waals surface area contributed by atoms with E-state index in [-0.39, 0.29) is 6.10 Å². The highest BCUT2D eigenvalue weighted by molar-refractivity contribution is 5.18. The maximum atomic E-state index is 5.96. The number of allylic oxidation sites excluding steroid dienone is 2. The Labute approximate surface area is 101 Å². The maximum Gasteiger partial charge on any atom is 0.327 e. The molecule has 90 valence electrons. The monoisotopic (exact) mass is 232 g/mol. The standard InChI is InChI=1S/C14H16O3/c1-11-6-5-9-14(16-11)15-10-13(17-14)12-7-3-2-4-8-12/h2-4,6-8,13H,5,9-10H2,1H3. The van der Waals surface area contributed by atoms with Gasteiger partial charge in [0.15, 0.2) is 0 Å². The summed E-state index contributed by atoms with van der Waals surface area (Å²) < 4.78 is 17.4. The van der Waals surface area contributed by atoms with Crippen molar-refractivity contribution in [1.82, 2.24) is 0 Å². The van der Waals surface area contributed by atoms with Gasteiger partial charge in [-0.1, -0.05) is 30.3 Å². The Hall–Kier alpha value is -1.32. The third-order valence-corrected chi connectivity index (χ3v) is 3.15. The van der Waals surface area contributed by atoms with Crippen LogP contribution in [0.1, 0.15) is 31.4 Å². The molecule has 3 nitrogen and oxygen atoms in total. The summed E-state index contributed by atoms with van der Waals surface area (Å²) >= 11 is 0. The average molecular weight is 232 g/mol. The highest BCUT2D eigenvalue weighted by Crippen LogP contribution is 2.40. The van der Waals surface area contributed by atoms with Gasteiger partial charge in [0.1, 0.15) is 6.10 Å². The molecular weight excluding hydrogens is 216 g/mol. The van der Waals surface area contributed by atoms with Crippen LogP contribution in [0.4, 0.5) is 0 Å². The molecule has 2 heterocycles. The van der Waals surface area contributed by atoms with E-state index in [1.165, 1.54) is 0 Å². The predicted molar refractivity (Wildman–Crippen MR) is 63.0 cm³/mol. The van der Waals surface area contributed by atoms with Crippen molar-refractivity contribution < 1.29 is 14.2 Å². The fraction of sp³-hybridized carbons (Fsp3) is 0.429. The van der Waals surface area contributed by atoms with E-state index in [0.29, 0.717) is 6.61 Å². The second-order valence-corrected chi connectivity index (χ2v) is 4.47. The van der Waals surface area contributed by atoms with Crippen molar-refractivity contribution in [3.05, 3.63) is 47.7 Å². The molecule has 0 aromatic heterocycles. The summed E-state index contributed by atoms with van der Waals surface area (Å²) in [5.41, 5.74) is 1.14. The van der Waals surface area contributed by atoms with Gasteiger partial charge in [-0.05, 0) is 25.0 Å². The van der Waals surface area contributed by atoms with E-state index in [1.807, 2.05) is 25.1 Å². The summed E-state index contributed by atoms with van der Waals surface area (Å²) in [7, 11) is 0. The first-order valence-electron chi connectivity index (χ1n) is 6.00. The van der Waals surface area contributed by atoms with E-state index >= 15 is 0 Å². The van der Waals surface area contributed by atoms with Crippen LogP contribution in [0.15, 0.2) is 42.2 Å². The Kier molecular flexibility index (Phi) is 2.65. The van der Waals surface area contributed by atoms with Crippen molar-refractivity contribution in [2.45, 2.75) is 31.8 Å². The molecule has 0 saturated carbocycles. The molecule has 2 aliphatic rings. The van der Waals surface area contributed by atoms with Crippen LogP contribution in [0, 0.1) is 0 Å². The number of benzene rings is 1. The molecule has 1 aromatic rings. The van der Waals surface area contributed by atoms with Gasteiger partial charge in [-0.2, -0.15) is 0 Å². The third kappa shape index (κ3) is 2.08. The van der Waals surface area contributed by atoms with Crippen molar-refractivity contribution in [1.29, 1.82) is 0 Å².